The molecule has 2 aromatic rings. The molecule has 2 N–H and O–H groups in total. The summed E-state index contributed by atoms with van der Waals surface area (Å²) in [6.07, 6.45) is 8.28. The quantitative estimate of drug-likeness (QED) is 0.910. The van der Waals surface area contributed by atoms with Gasteiger partial charge < -0.3 is 15.0 Å². The standard InChI is InChI=1S/C17H21N3O2/c1-13(19-16(21)17(22)7-2-3-8-17)14-5-4-6-15(11-14)20-10-9-18-12-20/h4-6,9-13,22H,2-3,7-8H2,1H3,(H,19,21). The molecule has 1 aliphatic carbocycles. The minimum absolute atomic E-state index is 0.152. The van der Waals surface area contributed by atoms with Gasteiger partial charge in [-0.15, -0.1) is 0 Å². The average Bonchev–Trinajstić information content (AvgIpc) is 3.19. The summed E-state index contributed by atoms with van der Waals surface area (Å²) in [6, 6.07) is 7.79. The molecule has 1 saturated carbocycles. The Morgan fingerprint density at radius 1 is 1.41 bits per heavy atom. The molecule has 5 heteroatoms. The molecule has 5 nitrogen and oxygen atoms in total. The molecular weight excluding hydrogens is 278 g/mol. The third-order valence-electron chi connectivity index (χ3n) is 4.37. The van der Waals surface area contributed by atoms with Gasteiger partial charge in [0.25, 0.3) is 5.91 Å². The predicted octanol–water partition coefficient (Wildman–Crippen LogP) is 2.35. The summed E-state index contributed by atoms with van der Waals surface area (Å²) in [7, 11) is 0. The summed E-state index contributed by atoms with van der Waals surface area (Å²) in [5.74, 6) is -0.259. The van der Waals surface area contributed by atoms with Crippen molar-refractivity contribution in [1.82, 2.24) is 14.9 Å². The van der Waals surface area contributed by atoms with Crippen molar-refractivity contribution < 1.29 is 9.90 Å². The number of hydrogen-bond acceptors (Lipinski definition) is 3. The third-order valence-corrected chi connectivity index (χ3v) is 4.37. The Bertz CT molecular complexity index is 646. The van der Waals surface area contributed by atoms with Crippen LogP contribution in [0.1, 0.15) is 44.2 Å². The number of hydrogen-bond donors (Lipinski definition) is 2. The van der Waals surface area contributed by atoms with Gasteiger partial charge in [0.1, 0.15) is 5.60 Å². The van der Waals surface area contributed by atoms with Crippen molar-refractivity contribution in [1.29, 1.82) is 0 Å². The monoisotopic (exact) mass is 299 g/mol. The fourth-order valence-electron chi connectivity index (χ4n) is 2.97. The van der Waals surface area contributed by atoms with Crippen molar-refractivity contribution >= 4 is 5.91 Å². The molecule has 0 saturated heterocycles. The summed E-state index contributed by atoms with van der Waals surface area (Å²) in [5, 5.41) is 13.3. The van der Waals surface area contributed by atoms with Gasteiger partial charge in [-0.1, -0.05) is 12.1 Å². The number of imidazole rings is 1. The second-order valence-corrected chi connectivity index (χ2v) is 6.00. The van der Waals surface area contributed by atoms with Crippen LogP contribution in [0.25, 0.3) is 5.69 Å². The van der Waals surface area contributed by atoms with Crippen LogP contribution in [0, 0.1) is 0 Å². The SMILES string of the molecule is CC(NC(=O)C1(O)CCCC1)c1cccc(-n2ccnc2)c1. The summed E-state index contributed by atoms with van der Waals surface area (Å²) < 4.78 is 1.92. The lowest BCUT2D eigenvalue weighted by molar-refractivity contribution is -0.139. The highest BCUT2D eigenvalue weighted by Gasteiger charge is 2.39. The van der Waals surface area contributed by atoms with E-state index in [1.165, 1.54) is 0 Å². The van der Waals surface area contributed by atoms with E-state index < -0.39 is 5.60 Å². The van der Waals surface area contributed by atoms with Crippen molar-refractivity contribution in [2.75, 3.05) is 0 Å². The molecule has 116 valence electrons. The number of nitrogens with zero attached hydrogens (tertiary/aromatic N) is 2. The minimum Gasteiger partial charge on any atom is -0.380 e. The van der Waals surface area contributed by atoms with Crippen LogP contribution in [-0.4, -0.2) is 26.2 Å². The fourth-order valence-corrected chi connectivity index (χ4v) is 2.97. The Hall–Kier alpha value is -2.14. The van der Waals surface area contributed by atoms with Gasteiger partial charge >= 0.3 is 0 Å². The van der Waals surface area contributed by atoms with Crippen molar-refractivity contribution in [3.8, 4) is 5.69 Å². The van der Waals surface area contributed by atoms with E-state index in [4.69, 9.17) is 0 Å². The highest BCUT2D eigenvalue weighted by atomic mass is 16.3. The molecule has 0 bridgehead atoms. The van der Waals surface area contributed by atoms with Gasteiger partial charge in [0.05, 0.1) is 12.4 Å². The molecule has 22 heavy (non-hydrogen) atoms. The van der Waals surface area contributed by atoms with E-state index >= 15 is 0 Å². The normalized spacial score (nSPS) is 18.1. The Morgan fingerprint density at radius 3 is 2.86 bits per heavy atom. The maximum absolute atomic E-state index is 12.3. The number of aromatic nitrogens is 2. The van der Waals surface area contributed by atoms with Crippen LogP contribution >= 0.6 is 0 Å². The first kappa shape index (κ1) is 14.8. The molecule has 0 spiro atoms. The van der Waals surface area contributed by atoms with Crippen molar-refractivity contribution in [2.45, 2.75) is 44.2 Å². The molecule has 0 radical (unpaired) electrons. The summed E-state index contributed by atoms with van der Waals surface area (Å²) in [4.78, 5) is 16.3. The molecule has 1 fully saturated rings. The van der Waals surface area contributed by atoms with Gasteiger partial charge in [-0.2, -0.15) is 0 Å². The van der Waals surface area contributed by atoms with Gasteiger partial charge in [-0.25, -0.2) is 4.98 Å². The maximum Gasteiger partial charge on any atom is 0.252 e. The lowest BCUT2D eigenvalue weighted by atomic mass is 10.00. The third kappa shape index (κ3) is 2.90. The first-order valence-electron chi connectivity index (χ1n) is 7.70. The Morgan fingerprint density at radius 2 is 2.18 bits per heavy atom. The van der Waals surface area contributed by atoms with Gasteiger partial charge in [-0.05, 0) is 50.3 Å². The molecule has 0 aliphatic heterocycles. The molecule has 1 aromatic carbocycles. The van der Waals surface area contributed by atoms with Crippen molar-refractivity contribution in [2.24, 2.45) is 0 Å². The fraction of sp³-hybridized carbons (Fsp3) is 0.412. The molecule has 3 rings (SSSR count). The number of nitrogens with one attached hydrogen (secondary N) is 1. The van der Waals surface area contributed by atoms with E-state index in [0.717, 1.165) is 24.1 Å². The molecule has 1 aliphatic rings. The molecule has 1 unspecified atom stereocenters. The lowest BCUT2D eigenvalue weighted by Gasteiger charge is -2.24. The van der Waals surface area contributed by atoms with E-state index in [1.807, 2.05) is 42.0 Å². The lowest BCUT2D eigenvalue weighted by Crippen LogP contribution is -2.45. The molecule has 1 heterocycles. The molecular formula is C17H21N3O2. The zero-order valence-corrected chi connectivity index (χ0v) is 12.7. The van der Waals surface area contributed by atoms with Crippen LogP contribution in [0.2, 0.25) is 0 Å². The van der Waals surface area contributed by atoms with Crippen molar-refractivity contribution in [3.63, 3.8) is 0 Å². The summed E-state index contributed by atoms with van der Waals surface area (Å²) in [5.41, 5.74) is 0.813. The van der Waals surface area contributed by atoms with E-state index in [1.54, 1.807) is 12.5 Å². The van der Waals surface area contributed by atoms with Crippen LogP contribution in [0.15, 0.2) is 43.0 Å². The number of carbonyl (C=O) groups excluding carboxylic acids is 1. The Balaban J connectivity index is 1.74. The van der Waals surface area contributed by atoms with Gasteiger partial charge in [-0.3, -0.25) is 4.79 Å². The minimum atomic E-state index is -1.18. The zero-order valence-electron chi connectivity index (χ0n) is 12.7. The number of rotatable bonds is 4. The van der Waals surface area contributed by atoms with Crippen LogP contribution in [-0.2, 0) is 4.79 Å². The highest BCUT2D eigenvalue weighted by Crippen LogP contribution is 2.30. The Kier molecular flexibility index (Phi) is 3.98. The average molecular weight is 299 g/mol. The Labute approximate surface area is 130 Å². The number of amides is 1. The van der Waals surface area contributed by atoms with E-state index in [0.29, 0.717) is 12.8 Å². The van der Waals surface area contributed by atoms with Gasteiger partial charge in [0.15, 0.2) is 0 Å². The van der Waals surface area contributed by atoms with Gasteiger partial charge in [0.2, 0.25) is 0 Å². The van der Waals surface area contributed by atoms with Crippen molar-refractivity contribution in [3.05, 3.63) is 48.5 Å². The number of carbonyl (C=O) groups is 1. The van der Waals surface area contributed by atoms with Crippen LogP contribution < -0.4 is 5.32 Å². The summed E-state index contributed by atoms with van der Waals surface area (Å²) >= 11 is 0. The molecule has 1 atom stereocenters. The predicted molar refractivity (Wildman–Crippen MR) is 83.5 cm³/mol. The second-order valence-electron chi connectivity index (χ2n) is 6.00. The van der Waals surface area contributed by atoms with Crippen LogP contribution in [0.5, 0.6) is 0 Å². The summed E-state index contributed by atoms with van der Waals surface area (Å²) in [6.45, 7) is 1.93. The molecule has 1 amide bonds. The second kappa shape index (κ2) is 5.93. The first-order chi connectivity index (χ1) is 10.6. The van der Waals surface area contributed by atoms with Crippen LogP contribution in [0.3, 0.4) is 0 Å². The topological polar surface area (TPSA) is 67.2 Å². The van der Waals surface area contributed by atoms with Gasteiger partial charge in [0, 0.05) is 18.1 Å². The van der Waals surface area contributed by atoms with Crippen LogP contribution in [0.4, 0.5) is 0 Å². The highest BCUT2D eigenvalue weighted by molar-refractivity contribution is 5.85. The first-order valence-corrected chi connectivity index (χ1v) is 7.70. The van der Waals surface area contributed by atoms with E-state index in [-0.39, 0.29) is 11.9 Å². The number of benzene rings is 1. The van der Waals surface area contributed by atoms with E-state index in [2.05, 4.69) is 10.3 Å². The zero-order chi connectivity index (χ0) is 15.6. The smallest absolute Gasteiger partial charge is 0.252 e. The van der Waals surface area contributed by atoms with E-state index in [9.17, 15) is 9.90 Å². The molecule has 1 aromatic heterocycles. The maximum atomic E-state index is 12.3. The number of aliphatic hydroxyl groups is 1. The largest absolute Gasteiger partial charge is 0.380 e.